The number of nitrogens with one attached hydrogen (secondary N) is 1. The summed E-state index contributed by atoms with van der Waals surface area (Å²) >= 11 is 1.89. The van der Waals surface area contributed by atoms with Gasteiger partial charge in [-0.05, 0) is 68.9 Å². The molecule has 1 nitrogen and oxygen atoms in total. The first-order chi connectivity index (χ1) is 21.8. The van der Waals surface area contributed by atoms with E-state index in [1.54, 1.807) is 0 Å². The molecule has 0 aliphatic rings. The highest BCUT2D eigenvalue weighted by Gasteiger charge is 2.16. The van der Waals surface area contributed by atoms with Crippen molar-refractivity contribution in [2.75, 3.05) is 0 Å². The first-order valence-corrected chi connectivity index (χ1v) is 16.2. The van der Waals surface area contributed by atoms with E-state index < -0.39 is 0 Å². The predicted molar refractivity (Wildman–Crippen MR) is 194 cm³/mol. The number of aromatic amines is 1. The fourth-order valence-electron chi connectivity index (χ4n) is 6.65. The van der Waals surface area contributed by atoms with E-state index in [-0.39, 0.29) is 0 Å². The summed E-state index contributed by atoms with van der Waals surface area (Å²) in [6.45, 7) is 4.00. The molecule has 0 atom stereocenters. The molecule has 7 aromatic carbocycles. The van der Waals surface area contributed by atoms with Crippen molar-refractivity contribution in [3.05, 3.63) is 146 Å². The van der Waals surface area contributed by atoms with Gasteiger partial charge in [0.25, 0.3) is 0 Å². The van der Waals surface area contributed by atoms with Gasteiger partial charge in [0.15, 0.2) is 0 Å². The highest BCUT2D eigenvalue weighted by Crippen LogP contribution is 2.43. The molecule has 2 heteroatoms. The molecule has 0 radical (unpaired) electrons. The molecule has 0 spiro atoms. The van der Waals surface area contributed by atoms with E-state index in [4.69, 9.17) is 0 Å². The molecule has 0 bridgehead atoms. The number of aromatic nitrogens is 1. The molecule has 0 saturated heterocycles. The number of benzene rings is 7. The maximum absolute atomic E-state index is 3.81. The van der Waals surface area contributed by atoms with Gasteiger partial charge in [0.1, 0.15) is 0 Å². The standard InChI is InChI=1S/C40H25NS.C2H6/c1-2-10-25(11-3-1)27-22-28(24-29(23-27)32-16-9-17-34-33-14-6-7-19-37(33)42-40(32)34)31-15-8-18-35-38-30-13-5-4-12-26(30)20-21-36(38)41-39(31)35;1-2/h1-24,41H;1-2H3. The number of fused-ring (bicyclic) bond motifs is 8. The number of rotatable bonds is 3. The van der Waals surface area contributed by atoms with Gasteiger partial charge in [0, 0.05) is 42.0 Å². The molecule has 0 aliphatic carbocycles. The lowest BCUT2D eigenvalue weighted by molar-refractivity contribution is 1.50. The van der Waals surface area contributed by atoms with E-state index in [0.29, 0.717) is 0 Å². The minimum atomic E-state index is 1.17. The minimum Gasteiger partial charge on any atom is -0.354 e. The molecule has 210 valence electrons. The van der Waals surface area contributed by atoms with Crippen molar-refractivity contribution in [3.63, 3.8) is 0 Å². The van der Waals surface area contributed by atoms with Gasteiger partial charge < -0.3 is 4.98 Å². The largest absolute Gasteiger partial charge is 0.354 e. The Kier molecular flexibility index (Phi) is 6.51. The lowest BCUT2D eigenvalue weighted by Gasteiger charge is -2.13. The number of thiophene rings is 1. The average Bonchev–Trinajstić information content (AvgIpc) is 3.68. The van der Waals surface area contributed by atoms with Crippen LogP contribution in [0.5, 0.6) is 0 Å². The van der Waals surface area contributed by atoms with E-state index in [1.807, 2.05) is 25.2 Å². The summed E-state index contributed by atoms with van der Waals surface area (Å²) in [5, 5.41) is 7.75. The topological polar surface area (TPSA) is 15.8 Å². The van der Waals surface area contributed by atoms with Gasteiger partial charge in [-0.2, -0.15) is 0 Å². The number of hydrogen-bond acceptors (Lipinski definition) is 1. The van der Waals surface area contributed by atoms with Crippen LogP contribution in [0.1, 0.15) is 13.8 Å². The van der Waals surface area contributed by atoms with E-state index in [2.05, 4.69) is 151 Å². The maximum atomic E-state index is 3.81. The van der Waals surface area contributed by atoms with Crippen LogP contribution in [0, 0.1) is 0 Å². The summed E-state index contributed by atoms with van der Waals surface area (Å²) in [6, 6.07) is 53.1. The molecule has 2 heterocycles. The SMILES string of the molecule is CC.c1ccc(-c2cc(-c3cccc4c3[nH]c3ccc5ccccc5c34)cc(-c3cccc4c3sc3ccccc34)c2)cc1. The Morgan fingerprint density at radius 2 is 1.09 bits per heavy atom. The van der Waals surface area contributed by atoms with E-state index in [0.717, 1.165) is 0 Å². The van der Waals surface area contributed by atoms with Crippen molar-refractivity contribution in [1.82, 2.24) is 4.98 Å². The second-order valence-electron chi connectivity index (χ2n) is 11.0. The van der Waals surface area contributed by atoms with Crippen LogP contribution in [0.25, 0.3) is 86.1 Å². The van der Waals surface area contributed by atoms with Gasteiger partial charge in [-0.1, -0.05) is 129 Å². The van der Waals surface area contributed by atoms with E-state index in [9.17, 15) is 0 Å². The van der Waals surface area contributed by atoms with Crippen LogP contribution < -0.4 is 0 Å². The molecule has 0 aliphatic heterocycles. The van der Waals surface area contributed by atoms with Crippen molar-refractivity contribution in [2.24, 2.45) is 0 Å². The van der Waals surface area contributed by atoms with Crippen LogP contribution in [0.4, 0.5) is 0 Å². The molecule has 0 fully saturated rings. The van der Waals surface area contributed by atoms with Gasteiger partial charge in [-0.25, -0.2) is 0 Å². The third-order valence-corrected chi connectivity index (χ3v) is 9.81. The second-order valence-corrected chi connectivity index (χ2v) is 12.1. The Labute approximate surface area is 261 Å². The maximum Gasteiger partial charge on any atom is 0.0544 e. The van der Waals surface area contributed by atoms with Gasteiger partial charge in [0.05, 0.1) is 5.52 Å². The predicted octanol–water partition coefficient (Wildman–Crippen LogP) is 12.9. The van der Waals surface area contributed by atoms with E-state index in [1.165, 1.54) is 86.1 Å². The zero-order chi connectivity index (χ0) is 29.6. The molecule has 0 amide bonds. The quantitative estimate of drug-likeness (QED) is 0.214. The monoisotopic (exact) mass is 581 g/mol. The van der Waals surface area contributed by atoms with Crippen molar-refractivity contribution >= 4 is 64.1 Å². The Bertz CT molecular complexity index is 2460. The third-order valence-electron chi connectivity index (χ3n) is 8.59. The summed E-state index contributed by atoms with van der Waals surface area (Å²) in [5.41, 5.74) is 9.75. The van der Waals surface area contributed by atoms with Gasteiger partial charge in [-0.3, -0.25) is 0 Å². The van der Waals surface area contributed by atoms with Crippen molar-refractivity contribution in [1.29, 1.82) is 0 Å². The summed E-state index contributed by atoms with van der Waals surface area (Å²) in [4.78, 5) is 3.81. The Morgan fingerprint density at radius 1 is 0.455 bits per heavy atom. The molecule has 2 aromatic heterocycles. The molecule has 0 saturated carbocycles. The summed E-state index contributed by atoms with van der Waals surface area (Å²) in [6.07, 6.45) is 0. The van der Waals surface area contributed by atoms with Crippen molar-refractivity contribution in [3.8, 4) is 33.4 Å². The smallest absolute Gasteiger partial charge is 0.0544 e. The molecular weight excluding hydrogens is 551 g/mol. The summed E-state index contributed by atoms with van der Waals surface area (Å²) < 4.78 is 2.67. The van der Waals surface area contributed by atoms with Gasteiger partial charge >= 0.3 is 0 Å². The fraction of sp³-hybridized carbons (Fsp3) is 0.0476. The highest BCUT2D eigenvalue weighted by molar-refractivity contribution is 7.26. The van der Waals surface area contributed by atoms with Crippen LogP contribution in [0.15, 0.2) is 146 Å². The number of H-pyrrole nitrogens is 1. The molecule has 9 rings (SSSR count). The summed E-state index contributed by atoms with van der Waals surface area (Å²) in [5.74, 6) is 0. The molecule has 1 N–H and O–H groups in total. The van der Waals surface area contributed by atoms with E-state index >= 15 is 0 Å². The Morgan fingerprint density at radius 3 is 1.93 bits per heavy atom. The zero-order valence-corrected chi connectivity index (χ0v) is 25.6. The number of para-hydroxylation sites is 1. The first-order valence-electron chi connectivity index (χ1n) is 15.4. The zero-order valence-electron chi connectivity index (χ0n) is 24.8. The van der Waals surface area contributed by atoms with Gasteiger partial charge in [-0.15, -0.1) is 11.3 Å². The van der Waals surface area contributed by atoms with Crippen LogP contribution in [-0.2, 0) is 0 Å². The van der Waals surface area contributed by atoms with Crippen LogP contribution in [0.3, 0.4) is 0 Å². The third kappa shape index (κ3) is 4.22. The normalized spacial score (nSPS) is 11.4. The van der Waals surface area contributed by atoms with Crippen LogP contribution in [-0.4, -0.2) is 4.98 Å². The molecule has 9 aromatic rings. The second kappa shape index (κ2) is 10.8. The Balaban J connectivity index is 0.00000142. The number of hydrogen-bond donors (Lipinski definition) is 1. The fourth-order valence-corrected chi connectivity index (χ4v) is 7.89. The lowest BCUT2D eigenvalue weighted by Crippen LogP contribution is -1.87. The van der Waals surface area contributed by atoms with Crippen molar-refractivity contribution < 1.29 is 0 Å². The lowest BCUT2D eigenvalue weighted by atomic mass is 9.92. The molecule has 44 heavy (non-hydrogen) atoms. The van der Waals surface area contributed by atoms with Crippen molar-refractivity contribution in [2.45, 2.75) is 13.8 Å². The first kappa shape index (κ1) is 26.4. The summed E-state index contributed by atoms with van der Waals surface area (Å²) in [7, 11) is 0. The van der Waals surface area contributed by atoms with Crippen LogP contribution >= 0.6 is 11.3 Å². The van der Waals surface area contributed by atoms with Crippen LogP contribution in [0.2, 0.25) is 0 Å². The van der Waals surface area contributed by atoms with Gasteiger partial charge in [0.2, 0.25) is 0 Å². The average molecular weight is 582 g/mol. The molecular formula is C42H31NS. The highest BCUT2D eigenvalue weighted by atomic mass is 32.1. The minimum absolute atomic E-state index is 1.17. The Hall–Kier alpha value is -5.18. The molecule has 0 unspecified atom stereocenters.